The molecule has 1 amide bonds. The molecule has 2 unspecified atom stereocenters. The van der Waals surface area contributed by atoms with Crippen LogP contribution in [0.5, 0.6) is 5.75 Å². The second-order valence-electron chi connectivity index (χ2n) is 5.63. The van der Waals surface area contributed by atoms with Gasteiger partial charge in [0.1, 0.15) is 5.75 Å². The van der Waals surface area contributed by atoms with E-state index in [0.29, 0.717) is 11.7 Å². The zero-order valence-electron chi connectivity index (χ0n) is 13.3. The number of thioether (sulfide) groups is 1. The van der Waals surface area contributed by atoms with Gasteiger partial charge in [-0.3, -0.25) is 9.79 Å². The van der Waals surface area contributed by atoms with Crippen LogP contribution in [-0.4, -0.2) is 30.5 Å². The lowest BCUT2D eigenvalue weighted by molar-refractivity contribution is -0.119. The van der Waals surface area contributed by atoms with Crippen LogP contribution in [0.2, 0.25) is 0 Å². The number of carbonyl (C=O) groups is 1. The Hall–Kier alpha value is -2.01. The van der Waals surface area contributed by atoms with Crippen molar-refractivity contribution in [3.05, 3.63) is 52.6 Å². The van der Waals surface area contributed by atoms with Gasteiger partial charge in [0.15, 0.2) is 0 Å². The van der Waals surface area contributed by atoms with Crippen LogP contribution in [0.1, 0.15) is 18.9 Å². The smallest absolute Gasteiger partial charge is 0.229 e. The second-order valence-corrected chi connectivity index (χ2v) is 6.87. The van der Waals surface area contributed by atoms with Crippen LogP contribution in [0.4, 0.5) is 0 Å². The van der Waals surface area contributed by atoms with Crippen molar-refractivity contribution in [3.63, 3.8) is 0 Å². The van der Waals surface area contributed by atoms with Gasteiger partial charge in [-0.1, -0.05) is 18.2 Å². The molecule has 4 nitrogen and oxygen atoms in total. The normalized spacial score (nSPS) is 22.7. The van der Waals surface area contributed by atoms with Crippen LogP contribution in [0.3, 0.4) is 0 Å². The highest BCUT2D eigenvalue weighted by Gasteiger charge is 2.26. The molecule has 0 bridgehead atoms. The molecule has 5 heteroatoms. The van der Waals surface area contributed by atoms with Gasteiger partial charge in [0.05, 0.1) is 24.6 Å². The number of aliphatic imine (C=N–C) groups is 1. The predicted octanol–water partition coefficient (Wildman–Crippen LogP) is 3.10. The van der Waals surface area contributed by atoms with E-state index >= 15 is 0 Å². The summed E-state index contributed by atoms with van der Waals surface area (Å²) in [6.07, 6.45) is 7.36. The molecule has 0 saturated heterocycles. The number of hydrogen-bond acceptors (Lipinski definition) is 4. The summed E-state index contributed by atoms with van der Waals surface area (Å²) < 4.78 is 5.19. The molecule has 0 aromatic heterocycles. The van der Waals surface area contributed by atoms with Crippen molar-refractivity contribution < 1.29 is 9.53 Å². The van der Waals surface area contributed by atoms with Crippen LogP contribution in [-0.2, 0) is 11.2 Å². The molecule has 0 radical (unpaired) electrons. The van der Waals surface area contributed by atoms with Crippen molar-refractivity contribution in [2.75, 3.05) is 7.11 Å². The van der Waals surface area contributed by atoms with E-state index in [-0.39, 0.29) is 11.9 Å². The summed E-state index contributed by atoms with van der Waals surface area (Å²) in [6, 6.07) is 7.85. The number of carbonyl (C=O) groups excluding carboxylic acids is 1. The summed E-state index contributed by atoms with van der Waals surface area (Å²) in [6.45, 7) is 2.11. The molecule has 1 N–H and O–H groups in total. The quantitative estimate of drug-likeness (QED) is 0.903. The van der Waals surface area contributed by atoms with E-state index in [9.17, 15) is 4.79 Å². The fourth-order valence-corrected chi connectivity index (χ4v) is 4.03. The number of methoxy groups -OCH3 is 1. The van der Waals surface area contributed by atoms with E-state index in [0.717, 1.165) is 22.8 Å². The van der Waals surface area contributed by atoms with Crippen molar-refractivity contribution in [2.45, 2.75) is 31.1 Å². The number of amides is 1. The first kappa shape index (κ1) is 15.9. The fourth-order valence-electron chi connectivity index (χ4n) is 2.76. The third-order valence-corrected chi connectivity index (χ3v) is 5.25. The number of benzene rings is 1. The summed E-state index contributed by atoms with van der Waals surface area (Å²) >= 11 is 1.71. The van der Waals surface area contributed by atoms with Gasteiger partial charge in [0.25, 0.3) is 0 Å². The van der Waals surface area contributed by atoms with Crippen molar-refractivity contribution in [1.82, 2.24) is 5.32 Å². The highest BCUT2D eigenvalue weighted by Crippen LogP contribution is 2.37. The molecule has 2 aliphatic rings. The Morgan fingerprint density at radius 2 is 2.35 bits per heavy atom. The van der Waals surface area contributed by atoms with Crippen molar-refractivity contribution in [1.29, 1.82) is 0 Å². The first-order chi connectivity index (χ1) is 11.2. The average molecular weight is 328 g/mol. The molecule has 1 aromatic carbocycles. The number of nitrogens with zero attached hydrogens (tertiary/aromatic N) is 1. The summed E-state index contributed by atoms with van der Waals surface area (Å²) in [4.78, 5) is 16.6. The molecule has 0 fully saturated rings. The summed E-state index contributed by atoms with van der Waals surface area (Å²) in [5, 5.41) is 4.35. The largest absolute Gasteiger partial charge is 0.497 e. The molecule has 0 spiro atoms. The van der Waals surface area contributed by atoms with Gasteiger partial charge in [-0.25, -0.2) is 0 Å². The molecule has 3 rings (SSSR count). The minimum atomic E-state index is 0.00218. The van der Waals surface area contributed by atoms with E-state index in [1.54, 1.807) is 18.9 Å². The summed E-state index contributed by atoms with van der Waals surface area (Å²) in [5.41, 5.74) is 2.28. The first-order valence-corrected chi connectivity index (χ1v) is 8.56. The Morgan fingerprint density at radius 3 is 3.09 bits per heavy atom. The maximum absolute atomic E-state index is 12.2. The third-order valence-electron chi connectivity index (χ3n) is 3.98. The highest BCUT2D eigenvalue weighted by atomic mass is 32.2. The minimum Gasteiger partial charge on any atom is -0.497 e. The monoisotopic (exact) mass is 328 g/mol. The Labute approximate surface area is 140 Å². The van der Waals surface area contributed by atoms with Crippen molar-refractivity contribution in [2.24, 2.45) is 4.99 Å². The van der Waals surface area contributed by atoms with E-state index in [1.807, 2.05) is 30.5 Å². The maximum Gasteiger partial charge on any atom is 0.229 e. The maximum atomic E-state index is 12.2. The molecule has 23 heavy (non-hydrogen) atoms. The van der Waals surface area contributed by atoms with E-state index in [1.165, 1.54) is 5.57 Å². The van der Waals surface area contributed by atoms with Gasteiger partial charge in [-0.2, -0.15) is 0 Å². The number of allylic oxidation sites excluding steroid dienone is 2. The highest BCUT2D eigenvalue weighted by molar-refractivity contribution is 8.04. The number of rotatable bonds is 5. The standard InChI is InChI=1S/C18H20N2O2S/c1-12-15(8-9-19-12)16-6-7-18(23-16)20-17(21)11-13-4-3-5-14(10-13)22-2/h3-5,7-10,12,16H,6,11H2,1-2H3,(H,20,21). The molecular formula is C18H20N2O2S. The molecule has 0 saturated carbocycles. The zero-order chi connectivity index (χ0) is 16.2. The van der Waals surface area contributed by atoms with E-state index in [2.05, 4.69) is 29.4 Å². The first-order valence-electron chi connectivity index (χ1n) is 7.68. The molecule has 1 aromatic rings. The van der Waals surface area contributed by atoms with Gasteiger partial charge in [0, 0.05) is 11.5 Å². The average Bonchev–Trinajstić information content (AvgIpc) is 3.16. The lowest BCUT2D eigenvalue weighted by Gasteiger charge is -2.15. The van der Waals surface area contributed by atoms with Crippen LogP contribution >= 0.6 is 11.8 Å². The van der Waals surface area contributed by atoms with Crippen LogP contribution < -0.4 is 10.1 Å². The molecule has 2 atom stereocenters. The number of nitrogens with one attached hydrogen (secondary N) is 1. The predicted molar refractivity (Wildman–Crippen MR) is 95.0 cm³/mol. The van der Waals surface area contributed by atoms with Crippen molar-refractivity contribution in [3.8, 4) is 5.75 Å². The third kappa shape index (κ3) is 3.85. The summed E-state index contributed by atoms with van der Waals surface area (Å²) in [5.74, 6) is 0.773. The summed E-state index contributed by atoms with van der Waals surface area (Å²) in [7, 11) is 1.63. The van der Waals surface area contributed by atoms with E-state index in [4.69, 9.17) is 4.74 Å². The minimum absolute atomic E-state index is 0.00218. The van der Waals surface area contributed by atoms with Crippen LogP contribution in [0.25, 0.3) is 0 Å². The van der Waals surface area contributed by atoms with Gasteiger partial charge >= 0.3 is 0 Å². The van der Waals surface area contributed by atoms with Crippen molar-refractivity contribution >= 4 is 23.9 Å². The van der Waals surface area contributed by atoms with Gasteiger partial charge < -0.3 is 10.1 Å². The topological polar surface area (TPSA) is 50.7 Å². The van der Waals surface area contributed by atoms with Gasteiger partial charge in [-0.05, 0) is 42.7 Å². The molecule has 2 heterocycles. The SMILES string of the molecule is COc1cccc(CC(=O)NC2=CCC(C3=CC=NC3C)S2)c1. The van der Waals surface area contributed by atoms with Crippen LogP contribution in [0, 0.1) is 0 Å². The van der Waals surface area contributed by atoms with Gasteiger partial charge in [-0.15, -0.1) is 11.8 Å². The number of ether oxygens (including phenoxy) is 1. The Morgan fingerprint density at radius 1 is 1.48 bits per heavy atom. The Kier molecular flexibility index (Phi) is 4.86. The Bertz CT molecular complexity index is 694. The van der Waals surface area contributed by atoms with Gasteiger partial charge in [0.2, 0.25) is 5.91 Å². The molecule has 0 aliphatic carbocycles. The van der Waals surface area contributed by atoms with Crippen LogP contribution in [0.15, 0.2) is 52.0 Å². The molecule has 120 valence electrons. The second kappa shape index (κ2) is 7.04. The van der Waals surface area contributed by atoms with E-state index < -0.39 is 0 Å². The molecular weight excluding hydrogens is 308 g/mol. The molecule has 2 aliphatic heterocycles. The Balaban J connectivity index is 1.53. The number of hydrogen-bond donors (Lipinski definition) is 1. The lowest BCUT2D eigenvalue weighted by atomic mass is 10.1. The lowest BCUT2D eigenvalue weighted by Crippen LogP contribution is -2.23. The zero-order valence-corrected chi connectivity index (χ0v) is 14.1. The fraction of sp³-hybridized carbons (Fsp3) is 0.333.